The van der Waals surface area contributed by atoms with E-state index in [4.69, 9.17) is 4.74 Å². The molecule has 1 heterocycles. The highest BCUT2D eigenvalue weighted by Crippen LogP contribution is 2.27. The van der Waals surface area contributed by atoms with Gasteiger partial charge in [0.05, 0.1) is 18.9 Å². The summed E-state index contributed by atoms with van der Waals surface area (Å²) in [5.41, 5.74) is 1.92. The third-order valence-corrected chi connectivity index (χ3v) is 5.31. The summed E-state index contributed by atoms with van der Waals surface area (Å²) >= 11 is 0. The van der Waals surface area contributed by atoms with Crippen LogP contribution in [0.4, 0.5) is 0 Å². The van der Waals surface area contributed by atoms with Gasteiger partial charge in [-0.25, -0.2) is 0 Å². The molecular weight excluding hydrogens is 380 g/mol. The molecule has 2 aromatic rings. The molecule has 6 heteroatoms. The number of nitrogens with zero attached hydrogens (tertiary/aromatic N) is 2. The number of carbonyl (C=O) groups excluding carboxylic acids is 3. The zero-order valence-corrected chi connectivity index (χ0v) is 17.3. The first-order valence-corrected chi connectivity index (χ1v) is 10.4. The van der Waals surface area contributed by atoms with Crippen molar-refractivity contribution in [2.24, 2.45) is 0 Å². The molecule has 0 atom stereocenters. The van der Waals surface area contributed by atoms with E-state index in [1.807, 2.05) is 65.6 Å². The molecule has 0 unspecified atom stereocenters. The lowest BCUT2D eigenvalue weighted by molar-refractivity contribution is -0.146. The van der Waals surface area contributed by atoms with Crippen molar-refractivity contribution in [1.82, 2.24) is 9.80 Å². The van der Waals surface area contributed by atoms with Gasteiger partial charge in [0.2, 0.25) is 11.8 Å². The maximum absolute atomic E-state index is 13.4. The van der Waals surface area contributed by atoms with Crippen LogP contribution < -0.4 is 0 Å². The second-order valence-corrected chi connectivity index (χ2v) is 7.27. The minimum absolute atomic E-state index is 0.0472. The van der Waals surface area contributed by atoms with Crippen LogP contribution in [-0.4, -0.2) is 60.4 Å². The van der Waals surface area contributed by atoms with Gasteiger partial charge in [-0.1, -0.05) is 60.7 Å². The number of benzene rings is 2. The fourth-order valence-electron chi connectivity index (χ4n) is 3.73. The summed E-state index contributed by atoms with van der Waals surface area (Å²) in [6.07, 6.45) is 0.235. The Morgan fingerprint density at radius 3 is 1.80 bits per heavy atom. The van der Waals surface area contributed by atoms with Gasteiger partial charge in [-0.05, 0) is 18.1 Å². The van der Waals surface area contributed by atoms with Gasteiger partial charge in [0, 0.05) is 32.6 Å². The van der Waals surface area contributed by atoms with Gasteiger partial charge in [-0.15, -0.1) is 0 Å². The van der Waals surface area contributed by atoms with E-state index in [0.717, 1.165) is 11.1 Å². The number of hydrogen-bond donors (Lipinski definition) is 0. The Morgan fingerprint density at radius 2 is 1.30 bits per heavy atom. The summed E-state index contributed by atoms with van der Waals surface area (Å²) in [5, 5.41) is 0. The van der Waals surface area contributed by atoms with Gasteiger partial charge in [0.15, 0.2) is 0 Å². The molecule has 0 spiro atoms. The van der Waals surface area contributed by atoms with E-state index in [1.165, 1.54) is 0 Å². The maximum atomic E-state index is 13.4. The van der Waals surface area contributed by atoms with Crippen LogP contribution in [0.5, 0.6) is 0 Å². The number of ether oxygens (including phenoxy) is 1. The molecule has 3 rings (SSSR count). The quantitative estimate of drug-likeness (QED) is 0.661. The fourth-order valence-corrected chi connectivity index (χ4v) is 3.73. The predicted octanol–water partition coefficient (Wildman–Crippen LogP) is 2.83. The molecule has 1 saturated heterocycles. The van der Waals surface area contributed by atoms with Crippen molar-refractivity contribution in [2.75, 3.05) is 32.8 Å². The largest absolute Gasteiger partial charge is 0.466 e. The fraction of sp³-hybridized carbons (Fsp3) is 0.375. The average molecular weight is 408 g/mol. The first kappa shape index (κ1) is 21.6. The lowest BCUT2D eigenvalue weighted by atomic mass is 9.90. The highest BCUT2D eigenvalue weighted by atomic mass is 16.5. The van der Waals surface area contributed by atoms with Gasteiger partial charge in [-0.2, -0.15) is 0 Å². The first-order chi connectivity index (χ1) is 14.6. The Balaban J connectivity index is 1.63. The summed E-state index contributed by atoms with van der Waals surface area (Å²) in [5.74, 6) is -0.740. The lowest BCUT2D eigenvalue weighted by Crippen LogP contribution is -2.51. The molecule has 1 aliphatic rings. The Hall–Kier alpha value is -3.15. The van der Waals surface area contributed by atoms with Crippen LogP contribution in [0, 0.1) is 0 Å². The minimum Gasteiger partial charge on any atom is -0.466 e. The zero-order valence-electron chi connectivity index (χ0n) is 17.3. The van der Waals surface area contributed by atoms with Gasteiger partial charge in [-0.3, -0.25) is 14.4 Å². The molecule has 1 fully saturated rings. The van der Waals surface area contributed by atoms with Crippen molar-refractivity contribution in [3.63, 3.8) is 0 Å². The van der Waals surface area contributed by atoms with Crippen molar-refractivity contribution >= 4 is 17.8 Å². The number of esters is 1. The van der Waals surface area contributed by atoms with E-state index < -0.39 is 0 Å². The smallest absolute Gasteiger partial charge is 0.306 e. The van der Waals surface area contributed by atoms with Crippen molar-refractivity contribution in [1.29, 1.82) is 0 Å². The van der Waals surface area contributed by atoms with Gasteiger partial charge in [0.25, 0.3) is 0 Å². The second kappa shape index (κ2) is 10.6. The van der Waals surface area contributed by atoms with Crippen LogP contribution in [0.15, 0.2) is 60.7 Å². The van der Waals surface area contributed by atoms with Gasteiger partial charge < -0.3 is 14.5 Å². The molecule has 0 aliphatic carbocycles. The molecule has 1 aliphatic heterocycles. The second-order valence-electron chi connectivity index (χ2n) is 7.27. The van der Waals surface area contributed by atoms with Crippen LogP contribution in [0.2, 0.25) is 0 Å². The summed E-state index contributed by atoms with van der Waals surface area (Å²) < 4.78 is 4.88. The van der Waals surface area contributed by atoms with E-state index >= 15 is 0 Å². The van der Waals surface area contributed by atoms with Gasteiger partial charge in [0.1, 0.15) is 0 Å². The van der Waals surface area contributed by atoms with Crippen molar-refractivity contribution in [3.8, 4) is 0 Å². The molecule has 0 N–H and O–H groups in total. The highest BCUT2D eigenvalue weighted by molar-refractivity contribution is 5.87. The summed E-state index contributed by atoms with van der Waals surface area (Å²) in [6, 6.07) is 19.6. The monoisotopic (exact) mass is 408 g/mol. The summed E-state index contributed by atoms with van der Waals surface area (Å²) in [4.78, 5) is 40.8. The molecule has 2 aromatic carbocycles. The highest BCUT2D eigenvalue weighted by Gasteiger charge is 2.30. The van der Waals surface area contributed by atoms with E-state index in [1.54, 1.807) is 11.8 Å². The first-order valence-electron chi connectivity index (χ1n) is 10.4. The molecular formula is C24H28N2O4. The topological polar surface area (TPSA) is 66.9 Å². The summed E-state index contributed by atoms with van der Waals surface area (Å²) in [7, 11) is 0. The van der Waals surface area contributed by atoms with E-state index in [2.05, 4.69) is 0 Å². The standard InChI is InChI=1S/C24H28N2O4/c1-2-30-22(28)14-13-21(27)25-15-17-26(18-16-25)24(29)23(19-9-5-3-6-10-19)20-11-7-4-8-12-20/h3-12,23H,2,13-18H2,1H3. The third kappa shape index (κ3) is 5.47. The molecule has 0 aromatic heterocycles. The number of amides is 2. The van der Waals surface area contributed by atoms with Crippen LogP contribution in [0.25, 0.3) is 0 Å². The molecule has 6 nitrogen and oxygen atoms in total. The van der Waals surface area contributed by atoms with E-state index in [-0.39, 0.29) is 36.5 Å². The zero-order chi connectivity index (χ0) is 21.3. The van der Waals surface area contributed by atoms with Crippen molar-refractivity contribution < 1.29 is 19.1 Å². The Morgan fingerprint density at radius 1 is 0.800 bits per heavy atom. The molecule has 0 saturated carbocycles. The Labute approximate surface area is 177 Å². The summed E-state index contributed by atoms with van der Waals surface area (Å²) in [6.45, 7) is 3.99. The number of rotatable bonds is 7. The van der Waals surface area contributed by atoms with E-state index in [0.29, 0.717) is 32.8 Å². The van der Waals surface area contributed by atoms with Crippen LogP contribution in [0.1, 0.15) is 36.8 Å². The Bertz CT molecular complexity index is 807. The lowest BCUT2D eigenvalue weighted by Gasteiger charge is -2.36. The molecule has 0 radical (unpaired) electrons. The van der Waals surface area contributed by atoms with Crippen LogP contribution in [-0.2, 0) is 19.1 Å². The van der Waals surface area contributed by atoms with Gasteiger partial charge >= 0.3 is 5.97 Å². The molecule has 158 valence electrons. The Kier molecular flexibility index (Phi) is 7.60. The average Bonchev–Trinajstić information content (AvgIpc) is 2.79. The maximum Gasteiger partial charge on any atom is 0.306 e. The van der Waals surface area contributed by atoms with Crippen molar-refractivity contribution in [2.45, 2.75) is 25.7 Å². The predicted molar refractivity (Wildman–Crippen MR) is 114 cm³/mol. The minimum atomic E-state index is -0.363. The van der Waals surface area contributed by atoms with Crippen LogP contribution >= 0.6 is 0 Å². The SMILES string of the molecule is CCOC(=O)CCC(=O)N1CCN(C(=O)C(c2ccccc2)c2ccccc2)CC1. The van der Waals surface area contributed by atoms with Crippen molar-refractivity contribution in [3.05, 3.63) is 71.8 Å². The number of hydrogen-bond acceptors (Lipinski definition) is 4. The molecule has 30 heavy (non-hydrogen) atoms. The van der Waals surface area contributed by atoms with E-state index in [9.17, 15) is 14.4 Å². The molecule has 2 amide bonds. The number of carbonyl (C=O) groups is 3. The van der Waals surface area contributed by atoms with Crippen LogP contribution in [0.3, 0.4) is 0 Å². The third-order valence-electron chi connectivity index (χ3n) is 5.31. The normalized spacial score (nSPS) is 13.9. The number of piperazine rings is 1. The molecule has 0 bridgehead atoms.